The maximum atomic E-state index is 14.5. The summed E-state index contributed by atoms with van der Waals surface area (Å²) in [6.07, 6.45) is -3.48. The Balaban J connectivity index is 1.32. The van der Waals surface area contributed by atoms with E-state index in [1.54, 1.807) is 33.8 Å². The number of aryl methyl sites for hydroxylation is 1. The van der Waals surface area contributed by atoms with Crippen LogP contribution in [0.25, 0.3) is 10.9 Å². The molecule has 19 nitrogen and oxygen atoms in total. The highest BCUT2D eigenvalue weighted by atomic mass is 16.8. The number of nitrogens with zero attached hydrogens (tertiary/aromatic N) is 3. The van der Waals surface area contributed by atoms with Crippen molar-refractivity contribution in [2.75, 3.05) is 34.9 Å². The zero-order valence-electron chi connectivity index (χ0n) is 41.5. The van der Waals surface area contributed by atoms with Gasteiger partial charge in [-0.2, -0.15) is 0 Å². The van der Waals surface area contributed by atoms with Gasteiger partial charge in [-0.3, -0.25) is 9.59 Å². The van der Waals surface area contributed by atoms with Crippen molar-refractivity contribution < 1.29 is 67.4 Å². The lowest BCUT2D eigenvalue weighted by molar-refractivity contribution is -0.301. The molecule has 2 aromatic rings. The van der Waals surface area contributed by atoms with Crippen LogP contribution in [0.5, 0.6) is 0 Å². The first-order valence-electron chi connectivity index (χ1n) is 23.9. The number of amides is 1. The normalized spacial score (nSPS) is 35.5. The Hall–Kier alpha value is -4.82. The SMILES string of the molecule is CC[C@H]1OC(=O)[C@H](C)[C@@H](OC(=O)NCCCc2ccc3c(c2)c(=O)c(C(=O)O)cn3C2CC2)[C@H](C)[C@@H](O[C@@H]2O[C@H](C)C[C@H](N(C)C)[C@H]2O)[C@](C)(OC)C[C@@H](C)/C(=N\OC)[C@H](C)[C@H]2OC(=O)O[C@@]21C. The molecule has 19 heteroatoms. The highest BCUT2D eigenvalue weighted by molar-refractivity contribution is 5.93. The highest BCUT2D eigenvalue weighted by Crippen LogP contribution is 2.43. The molecule has 1 aromatic carbocycles. The van der Waals surface area contributed by atoms with Gasteiger partial charge in [-0.15, -0.1) is 0 Å². The zero-order valence-corrected chi connectivity index (χ0v) is 41.5. The van der Waals surface area contributed by atoms with Crippen LogP contribution in [0.15, 0.2) is 34.3 Å². The van der Waals surface area contributed by atoms with Gasteiger partial charge in [-0.05, 0) is 104 Å². The summed E-state index contributed by atoms with van der Waals surface area (Å²) in [5, 5.41) is 29.1. The summed E-state index contributed by atoms with van der Waals surface area (Å²) >= 11 is 0. The predicted octanol–water partition coefficient (Wildman–Crippen LogP) is 5.84. The average Bonchev–Trinajstić information content (AvgIpc) is 4.09. The van der Waals surface area contributed by atoms with Gasteiger partial charge in [-0.1, -0.05) is 38.9 Å². The number of carbonyl (C=O) groups excluding carboxylic acids is 3. The molecule has 3 aliphatic heterocycles. The maximum Gasteiger partial charge on any atom is 0.509 e. The number of aromatic nitrogens is 1. The Morgan fingerprint density at radius 1 is 1.03 bits per heavy atom. The summed E-state index contributed by atoms with van der Waals surface area (Å²) in [6.45, 7) is 14.5. The molecule has 6 rings (SSSR count). The van der Waals surface area contributed by atoms with E-state index in [0.717, 1.165) is 18.4 Å². The van der Waals surface area contributed by atoms with E-state index in [-0.39, 0.29) is 43.1 Å². The number of carboxylic acid groups (broad SMARTS) is 1. The number of aliphatic hydroxyl groups excluding tert-OH is 1. The third-order valence-corrected chi connectivity index (χ3v) is 14.6. The molecule has 4 fully saturated rings. The molecule has 14 atom stereocenters. The number of benzene rings is 1. The number of likely N-dealkylation sites (N-methyl/N-ethyl adjacent to an activating group) is 1. The number of hydrogen-bond acceptors (Lipinski definition) is 16. The number of aliphatic hydroxyl groups is 1. The van der Waals surface area contributed by atoms with Gasteiger partial charge in [0.05, 0.1) is 35.0 Å². The second-order valence-electron chi connectivity index (χ2n) is 19.9. The topological polar surface area (TPSA) is 232 Å². The summed E-state index contributed by atoms with van der Waals surface area (Å²) in [7, 11) is 6.68. The number of cyclic esters (lactones) is 1. The number of ether oxygens (including phenoxy) is 7. The molecule has 1 aliphatic carbocycles. The maximum absolute atomic E-state index is 14.5. The van der Waals surface area contributed by atoms with Crippen molar-refractivity contribution in [3.8, 4) is 0 Å². The molecule has 3 N–H and O–H groups in total. The third-order valence-electron chi connectivity index (χ3n) is 14.6. The Kier molecular flexibility index (Phi) is 16.6. The Bertz CT molecular complexity index is 2250. The second kappa shape index (κ2) is 21.4. The molecule has 1 aromatic heterocycles. The summed E-state index contributed by atoms with van der Waals surface area (Å²) in [5.41, 5.74) is -1.59. The van der Waals surface area contributed by atoms with E-state index in [2.05, 4.69) is 10.5 Å². The number of carbonyl (C=O) groups is 4. The van der Waals surface area contributed by atoms with Crippen molar-refractivity contribution in [2.24, 2.45) is 28.8 Å². The average molecular weight is 957 g/mol. The molecule has 4 heterocycles. The van der Waals surface area contributed by atoms with E-state index in [0.29, 0.717) is 35.9 Å². The number of rotatable bonds is 13. The molecular weight excluding hydrogens is 885 g/mol. The molecule has 0 unspecified atom stereocenters. The number of pyridine rings is 1. The van der Waals surface area contributed by atoms with Gasteiger partial charge in [0, 0.05) is 55.1 Å². The molecule has 378 valence electrons. The first kappa shape index (κ1) is 52.5. The first-order valence-corrected chi connectivity index (χ1v) is 23.9. The quantitative estimate of drug-likeness (QED) is 0.0926. The van der Waals surface area contributed by atoms with Gasteiger partial charge in [-0.25, -0.2) is 14.4 Å². The second-order valence-corrected chi connectivity index (χ2v) is 19.9. The summed E-state index contributed by atoms with van der Waals surface area (Å²) in [4.78, 5) is 74.0. The first-order chi connectivity index (χ1) is 32.1. The van der Waals surface area contributed by atoms with Gasteiger partial charge in [0.15, 0.2) is 18.0 Å². The summed E-state index contributed by atoms with van der Waals surface area (Å²) in [6, 6.07) is 5.26. The van der Waals surface area contributed by atoms with Gasteiger partial charge < -0.3 is 63.0 Å². The van der Waals surface area contributed by atoms with Crippen LogP contribution in [-0.4, -0.2) is 145 Å². The van der Waals surface area contributed by atoms with E-state index in [4.69, 9.17) is 38.0 Å². The highest BCUT2D eigenvalue weighted by Gasteiger charge is 2.59. The number of nitrogens with one attached hydrogen (secondary N) is 1. The van der Waals surface area contributed by atoms with Gasteiger partial charge in [0.1, 0.15) is 31.0 Å². The number of carboxylic acids is 1. The lowest BCUT2D eigenvalue weighted by atomic mass is 9.73. The molecule has 1 saturated carbocycles. The fourth-order valence-corrected chi connectivity index (χ4v) is 10.7. The van der Waals surface area contributed by atoms with Crippen LogP contribution in [0.3, 0.4) is 0 Å². The van der Waals surface area contributed by atoms with Crippen LogP contribution in [0, 0.1) is 23.7 Å². The largest absolute Gasteiger partial charge is 0.509 e. The Morgan fingerprint density at radius 3 is 2.35 bits per heavy atom. The number of methoxy groups -OCH3 is 1. The number of alkyl carbamates (subject to hydrolysis) is 1. The number of aromatic carboxylic acids is 1. The molecular formula is C49H72N4O15. The van der Waals surface area contributed by atoms with Crippen LogP contribution in [-0.2, 0) is 49.2 Å². The van der Waals surface area contributed by atoms with Crippen LogP contribution in [0.4, 0.5) is 9.59 Å². The van der Waals surface area contributed by atoms with E-state index in [9.17, 15) is 34.2 Å². The zero-order chi connectivity index (χ0) is 50.0. The molecule has 1 amide bonds. The standard InChI is InChI=1S/C49H72N4O15/c1-13-36-49(8)42(67-47(60)68-49)27(4)37(51-62-12)25(2)23-48(7,61-11)41(66-45-39(55)35(52(9)10)21-26(3)63-45)28(5)40(29(6)44(58)64-36)65-46(59)50-20-14-15-30-16-19-34-32(22-30)38(54)33(43(56)57)24-53(34)31-17-18-31/h16,19,22,24-29,31,35-36,39-42,45,55H,13-15,17-18,20-21,23H2,1-12H3,(H,50,59)(H,56,57)/b51-37+/t25-,26-,27+,28+,29-,35+,36-,39-,40+,41-,42-,45+,48-,49-/m1/s1. The molecule has 4 aliphatic rings. The fraction of sp³-hybridized carbons (Fsp3) is 0.714. The minimum atomic E-state index is -1.46. The van der Waals surface area contributed by atoms with E-state index < -0.39 is 101 Å². The summed E-state index contributed by atoms with van der Waals surface area (Å²) in [5.74, 6) is -5.05. The van der Waals surface area contributed by atoms with Crippen LogP contribution in [0.1, 0.15) is 116 Å². The van der Waals surface area contributed by atoms with Crippen molar-refractivity contribution in [3.05, 3.63) is 45.7 Å². The van der Waals surface area contributed by atoms with Crippen molar-refractivity contribution in [2.45, 2.75) is 167 Å². The van der Waals surface area contributed by atoms with E-state index >= 15 is 0 Å². The van der Waals surface area contributed by atoms with Gasteiger partial charge in [0.2, 0.25) is 5.43 Å². The molecule has 3 saturated heterocycles. The lowest BCUT2D eigenvalue weighted by Gasteiger charge is -2.48. The van der Waals surface area contributed by atoms with E-state index in [1.807, 2.05) is 63.4 Å². The fourth-order valence-electron chi connectivity index (χ4n) is 10.7. The van der Waals surface area contributed by atoms with Crippen LogP contribution in [0.2, 0.25) is 0 Å². The minimum absolute atomic E-state index is 0.139. The van der Waals surface area contributed by atoms with Crippen LogP contribution < -0.4 is 10.7 Å². The van der Waals surface area contributed by atoms with E-state index in [1.165, 1.54) is 20.4 Å². The predicted molar refractivity (Wildman–Crippen MR) is 248 cm³/mol. The Labute approximate surface area is 398 Å². The van der Waals surface area contributed by atoms with Gasteiger partial charge >= 0.3 is 24.2 Å². The number of esters is 1. The summed E-state index contributed by atoms with van der Waals surface area (Å²) < 4.78 is 45.6. The van der Waals surface area contributed by atoms with Crippen molar-refractivity contribution >= 4 is 40.8 Å². The number of oxime groups is 1. The molecule has 0 spiro atoms. The molecule has 0 bridgehead atoms. The third kappa shape index (κ3) is 11.0. The molecule has 68 heavy (non-hydrogen) atoms. The van der Waals surface area contributed by atoms with Crippen molar-refractivity contribution in [1.82, 2.24) is 14.8 Å². The van der Waals surface area contributed by atoms with Crippen molar-refractivity contribution in [1.29, 1.82) is 0 Å². The van der Waals surface area contributed by atoms with Crippen LogP contribution >= 0.6 is 0 Å². The lowest BCUT2D eigenvalue weighted by Crippen LogP contribution is -2.60. The van der Waals surface area contributed by atoms with Crippen molar-refractivity contribution in [3.63, 3.8) is 0 Å². The van der Waals surface area contributed by atoms with Gasteiger partial charge in [0.25, 0.3) is 0 Å². The number of fused-ring (bicyclic) bond motifs is 2. The Morgan fingerprint density at radius 2 is 1.74 bits per heavy atom. The monoisotopic (exact) mass is 956 g/mol. The molecule has 0 radical (unpaired) electrons. The number of hydrogen-bond donors (Lipinski definition) is 3. The smallest absolute Gasteiger partial charge is 0.477 e. The minimum Gasteiger partial charge on any atom is -0.477 e.